The first-order chi connectivity index (χ1) is 20.5. The SMILES string of the molecule is CC(C)OC(=O)[C@H](C)NP(=S)(OC[C@@]1(C(F)F)O[C@@H](N2C=C(F)C(=O)CC2=O)C(F)(F)[C@@H]1O)Oc1cccc2ccccc12. The minimum atomic E-state index is -4.60. The molecule has 0 radical (unpaired) electrons. The van der Waals surface area contributed by atoms with Crippen molar-refractivity contribution >= 4 is 46.9 Å². The number of ether oxygens (including phenoxy) is 2. The van der Waals surface area contributed by atoms with Gasteiger partial charge in [-0.05, 0) is 44.0 Å². The van der Waals surface area contributed by atoms with Gasteiger partial charge in [-0.3, -0.25) is 19.3 Å². The van der Waals surface area contributed by atoms with Crippen molar-refractivity contribution in [1.82, 2.24) is 9.99 Å². The number of esters is 1. The Kier molecular flexibility index (Phi) is 9.83. The number of ketones is 1. The number of Topliss-reactive ketones (excluding diaryl/α,β-unsaturated/α-hetero) is 1. The second kappa shape index (κ2) is 12.8. The zero-order valence-electron chi connectivity index (χ0n) is 23.4. The molecule has 0 spiro atoms. The van der Waals surface area contributed by atoms with Crippen LogP contribution in [0.25, 0.3) is 10.8 Å². The van der Waals surface area contributed by atoms with Crippen LogP contribution in [-0.2, 0) is 40.2 Å². The van der Waals surface area contributed by atoms with E-state index >= 15 is 8.78 Å². The third kappa shape index (κ3) is 6.65. The van der Waals surface area contributed by atoms with Crippen LogP contribution in [0.15, 0.2) is 54.5 Å². The van der Waals surface area contributed by atoms with E-state index in [2.05, 4.69) is 5.09 Å². The Balaban J connectivity index is 1.69. The fourth-order valence-corrected chi connectivity index (χ4v) is 6.91. The molecule has 17 heteroatoms. The Labute approximate surface area is 253 Å². The number of aliphatic hydroxyl groups excluding tert-OH is 1. The Morgan fingerprint density at radius 2 is 1.84 bits per heavy atom. The Bertz CT molecular complexity index is 1520. The van der Waals surface area contributed by atoms with Crippen LogP contribution in [0.5, 0.6) is 5.75 Å². The molecule has 1 saturated heterocycles. The first kappa shape index (κ1) is 33.9. The number of hydrogen-bond acceptors (Lipinski definition) is 9. The van der Waals surface area contributed by atoms with E-state index in [1.54, 1.807) is 50.2 Å². The van der Waals surface area contributed by atoms with Crippen molar-refractivity contribution in [2.45, 2.75) is 69.6 Å². The number of allylic oxidation sites excluding steroid dienone is 1. The molecule has 0 aliphatic carbocycles. The van der Waals surface area contributed by atoms with E-state index in [1.165, 1.54) is 13.0 Å². The zero-order chi connectivity index (χ0) is 32.6. The van der Waals surface area contributed by atoms with Crippen LogP contribution in [0.3, 0.4) is 0 Å². The summed E-state index contributed by atoms with van der Waals surface area (Å²) in [5, 5.41) is 14.3. The van der Waals surface area contributed by atoms with E-state index in [1.807, 2.05) is 0 Å². The van der Waals surface area contributed by atoms with E-state index < -0.39 is 85.6 Å². The number of amides is 1. The number of fused-ring (bicyclic) bond motifs is 1. The summed E-state index contributed by atoms with van der Waals surface area (Å²) in [4.78, 5) is 36.3. The molecule has 5 atom stereocenters. The van der Waals surface area contributed by atoms with Crippen molar-refractivity contribution in [3.05, 3.63) is 54.5 Å². The normalized spacial score (nSPS) is 25.7. The van der Waals surface area contributed by atoms with Crippen molar-refractivity contribution in [1.29, 1.82) is 0 Å². The lowest BCUT2D eigenvalue weighted by atomic mass is 9.95. The van der Waals surface area contributed by atoms with Gasteiger partial charge in [0.1, 0.15) is 11.8 Å². The Morgan fingerprint density at radius 3 is 2.50 bits per heavy atom. The van der Waals surface area contributed by atoms with Crippen LogP contribution in [0.4, 0.5) is 22.0 Å². The molecule has 0 aromatic heterocycles. The predicted octanol–water partition coefficient (Wildman–Crippen LogP) is 4.36. The third-order valence-corrected chi connectivity index (χ3v) is 9.18. The highest BCUT2D eigenvalue weighted by atomic mass is 32.5. The molecule has 4 rings (SSSR count). The molecule has 1 amide bonds. The van der Waals surface area contributed by atoms with Crippen LogP contribution in [-0.4, -0.2) is 76.7 Å². The smallest absolute Gasteiger partial charge is 0.323 e. The fourth-order valence-electron chi connectivity index (χ4n) is 4.48. The standard InChI is InChI=1S/C27H28F5N2O8PS/c1-14(2)40-22(37)15(3)33-43(44,42-20-10-6-8-16-7-4-5-9-17(16)20)39-13-26(24(29)30)23(38)27(31,32)25(41-26)34-12-18(28)19(35)11-21(34)36/h4-10,12,14-15,23-25,38H,11,13H2,1-3H3,(H,33,44)/t15-,23+,25+,26+,43?/m0/s1. The van der Waals surface area contributed by atoms with Crippen molar-refractivity contribution in [2.24, 2.45) is 0 Å². The van der Waals surface area contributed by atoms with E-state index in [9.17, 15) is 32.7 Å². The van der Waals surface area contributed by atoms with Gasteiger partial charge in [0.25, 0.3) is 6.43 Å². The van der Waals surface area contributed by atoms with Crippen LogP contribution >= 0.6 is 6.64 Å². The molecule has 1 fully saturated rings. The number of carbonyl (C=O) groups excluding carboxylic acids is 3. The predicted molar refractivity (Wildman–Crippen MR) is 149 cm³/mol. The molecule has 44 heavy (non-hydrogen) atoms. The summed E-state index contributed by atoms with van der Waals surface area (Å²) in [6.07, 6.45) is -11.7. The van der Waals surface area contributed by atoms with Gasteiger partial charge in [0.15, 0.2) is 17.5 Å². The molecule has 2 heterocycles. The summed E-state index contributed by atoms with van der Waals surface area (Å²) in [5.74, 6) is -9.60. The van der Waals surface area contributed by atoms with Crippen molar-refractivity contribution in [3.8, 4) is 5.75 Å². The quantitative estimate of drug-likeness (QED) is 0.155. The van der Waals surface area contributed by atoms with E-state index in [-0.39, 0.29) is 16.8 Å². The summed E-state index contributed by atoms with van der Waals surface area (Å²) in [5.41, 5.74) is -3.53. The van der Waals surface area contributed by atoms with E-state index in [0.717, 1.165) is 0 Å². The second-order valence-electron chi connectivity index (χ2n) is 10.4. The summed E-state index contributed by atoms with van der Waals surface area (Å²) in [6, 6.07) is 10.4. The number of carbonyl (C=O) groups is 3. The van der Waals surface area contributed by atoms with Gasteiger partial charge in [-0.1, -0.05) is 36.4 Å². The average Bonchev–Trinajstić information content (AvgIpc) is 3.15. The molecule has 240 valence electrons. The molecule has 0 bridgehead atoms. The minimum absolute atomic E-state index is 0.0605. The molecule has 2 aliphatic rings. The Hall–Kier alpha value is -3.01. The highest BCUT2D eigenvalue weighted by molar-refractivity contribution is 8.09. The lowest BCUT2D eigenvalue weighted by Crippen LogP contribution is -2.55. The number of alkyl halides is 4. The maximum absolute atomic E-state index is 15.3. The first-order valence-electron chi connectivity index (χ1n) is 13.1. The van der Waals surface area contributed by atoms with Gasteiger partial charge < -0.3 is 23.6 Å². The first-order valence-corrected chi connectivity index (χ1v) is 15.8. The number of nitrogens with one attached hydrogen (secondary N) is 1. The molecule has 1 unspecified atom stereocenters. The lowest BCUT2D eigenvalue weighted by molar-refractivity contribution is -0.201. The van der Waals surface area contributed by atoms with Gasteiger partial charge >= 0.3 is 18.5 Å². The largest absolute Gasteiger partial charge is 0.462 e. The summed E-state index contributed by atoms with van der Waals surface area (Å²) < 4.78 is 95.4. The minimum Gasteiger partial charge on any atom is -0.462 e. The van der Waals surface area contributed by atoms with Gasteiger partial charge in [-0.25, -0.2) is 18.3 Å². The van der Waals surface area contributed by atoms with Gasteiger partial charge in [0.2, 0.25) is 17.9 Å². The number of nitrogens with zero attached hydrogens (tertiary/aromatic N) is 1. The number of halogens is 5. The van der Waals surface area contributed by atoms with Gasteiger partial charge in [0, 0.05) is 11.6 Å². The summed E-state index contributed by atoms with van der Waals surface area (Å²) in [7, 11) is 0. The Morgan fingerprint density at radius 1 is 1.18 bits per heavy atom. The molecule has 2 aliphatic heterocycles. The zero-order valence-corrected chi connectivity index (χ0v) is 25.1. The number of aliphatic hydroxyl groups is 1. The molecule has 2 N–H and O–H groups in total. The topological polar surface area (TPSA) is 124 Å². The van der Waals surface area contributed by atoms with Crippen molar-refractivity contribution < 1.29 is 60.0 Å². The number of hydrogen-bond donors (Lipinski definition) is 2. The van der Waals surface area contributed by atoms with Crippen LogP contribution in [0.2, 0.25) is 0 Å². The van der Waals surface area contributed by atoms with Crippen LogP contribution in [0.1, 0.15) is 27.2 Å². The fraction of sp³-hybridized carbons (Fsp3) is 0.444. The maximum Gasteiger partial charge on any atom is 0.323 e. The monoisotopic (exact) mass is 666 g/mol. The second-order valence-corrected chi connectivity index (χ2v) is 13.5. The van der Waals surface area contributed by atoms with Gasteiger partial charge in [0.05, 0.1) is 19.1 Å². The third-order valence-electron chi connectivity index (χ3n) is 6.71. The van der Waals surface area contributed by atoms with Crippen LogP contribution < -0.4 is 9.61 Å². The lowest BCUT2D eigenvalue weighted by Gasteiger charge is -2.34. The summed E-state index contributed by atoms with van der Waals surface area (Å²) >= 11 is 5.54. The van der Waals surface area contributed by atoms with Crippen molar-refractivity contribution in [2.75, 3.05) is 6.61 Å². The van der Waals surface area contributed by atoms with Gasteiger partial charge in [-0.2, -0.15) is 8.78 Å². The van der Waals surface area contributed by atoms with E-state index in [0.29, 0.717) is 10.8 Å². The highest BCUT2D eigenvalue weighted by Gasteiger charge is 2.72. The molecule has 2 aromatic rings. The number of benzene rings is 2. The van der Waals surface area contributed by atoms with Crippen molar-refractivity contribution in [3.63, 3.8) is 0 Å². The van der Waals surface area contributed by atoms with Gasteiger partial charge in [-0.15, -0.1) is 0 Å². The average molecular weight is 667 g/mol. The highest BCUT2D eigenvalue weighted by Crippen LogP contribution is 2.52. The van der Waals surface area contributed by atoms with E-state index in [4.69, 9.17) is 30.3 Å². The molecular formula is C27H28F5N2O8PS. The number of rotatable bonds is 11. The molecule has 2 aromatic carbocycles. The summed E-state index contributed by atoms with van der Waals surface area (Å²) in [6.45, 7) is -1.23. The molecule has 10 nitrogen and oxygen atoms in total. The molecular weight excluding hydrogens is 638 g/mol. The molecule has 0 saturated carbocycles. The van der Waals surface area contributed by atoms with Crippen LogP contribution in [0, 0.1) is 0 Å². The maximum atomic E-state index is 15.3.